The van der Waals surface area contributed by atoms with Crippen molar-refractivity contribution in [2.75, 3.05) is 52.5 Å². The zero-order valence-corrected chi connectivity index (χ0v) is 21.1. The lowest BCUT2D eigenvalue weighted by molar-refractivity contribution is -0.140. The van der Waals surface area contributed by atoms with Crippen LogP contribution in [-0.4, -0.2) is 84.0 Å². The van der Waals surface area contributed by atoms with Gasteiger partial charge in [0.2, 0.25) is 5.91 Å². The van der Waals surface area contributed by atoms with Crippen LogP contribution in [0.15, 0.2) is 42.7 Å². The first kappa shape index (κ1) is 24.7. The Morgan fingerprint density at radius 1 is 1.06 bits per heavy atom. The molecule has 5 rings (SSSR count). The number of aromatic nitrogens is 1. The maximum Gasteiger partial charge on any atom is 0.260 e. The normalized spacial score (nSPS) is 20.0. The van der Waals surface area contributed by atoms with Gasteiger partial charge in [0.15, 0.2) is 6.61 Å². The van der Waals surface area contributed by atoms with Gasteiger partial charge in [0, 0.05) is 70.6 Å². The van der Waals surface area contributed by atoms with Crippen molar-refractivity contribution >= 4 is 11.8 Å². The molecule has 2 saturated heterocycles. The highest BCUT2D eigenvalue weighted by Crippen LogP contribution is 2.28. The second-order valence-corrected chi connectivity index (χ2v) is 9.99. The van der Waals surface area contributed by atoms with Crippen molar-refractivity contribution in [3.8, 4) is 5.75 Å². The van der Waals surface area contributed by atoms with E-state index in [9.17, 15) is 9.59 Å². The Labute approximate surface area is 213 Å². The van der Waals surface area contributed by atoms with Crippen LogP contribution in [0.5, 0.6) is 5.75 Å². The SMILES string of the molecule is CC(c1ccc2c(c1)CCN(C(=O)COc1cccnc1)C2)N1CCN(C(=O)C2CCOCC2)CC1. The molecule has 8 nitrogen and oxygen atoms in total. The van der Waals surface area contributed by atoms with Gasteiger partial charge in [-0.05, 0) is 55.0 Å². The third-order valence-corrected chi connectivity index (χ3v) is 7.82. The highest BCUT2D eigenvalue weighted by molar-refractivity contribution is 5.79. The van der Waals surface area contributed by atoms with Crippen molar-refractivity contribution in [2.24, 2.45) is 5.92 Å². The van der Waals surface area contributed by atoms with Crippen LogP contribution in [0.2, 0.25) is 0 Å². The van der Waals surface area contributed by atoms with E-state index in [0.717, 1.165) is 45.4 Å². The van der Waals surface area contributed by atoms with Gasteiger partial charge in [-0.15, -0.1) is 0 Å². The predicted octanol–water partition coefficient (Wildman–Crippen LogP) is 2.68. The van der Waals surface area contributed by atoms with E-state index in [4.69, 9.17) is 9.47 Å². The van der Waals surface area contributed by atoms with E-state index >= 15 is 0 Å². The number of nitrogens with zero attached hydrogens (tertiary/aromatic N) is 4. The Balaban J connectivity index is 1.13. The minimum absolute atomic E-state index is 0.00452. The molecule has 0 saturated carbocycles. The molecule has 1 aromatic carbocycles. The monoisotopic (exact) mass is 492 g/mol. The average molecular weight is 493 g/mol. The van der Waals surface area contributed by atoms with Gasteiger partial charge in [0.05, 0.1) is 6.20 Å². The molecule has 3 aliphatic rings. The molecular weight excluding hydrogens is 456 g/mol. The van der Waals surface area contributed by atoms with Crippen molar-refractivity contribution < 1.29 is 19.1 Å². The molecule has 1 unspecified atom stereocenters. The van der Waals surface area contributed by atoms with Gasteiger partial charge >= 0.3 is 0 Å². The summed E-state index contributed by atoms with van der Waals surface area (Å²) in [4.78, 5) is 36.0. The smallest absolute Gasteiger partial charge is 0.260 e. The van der Waals surface area contributed by atoms with E-state index < -0.39 is 0 Å². The summed E-state index contributed by atoms with van der Waals surface area (Å²) in [6, 6.07) is 10.6. The van der Waals surface area contributed by atoms with Gasteiger partial charge in [0.1, 0.15) is 5.75 Å². The molecule has 4 heterocycles. The van der Waals surface area contributed by atoms with Gasteiger partial charge in [-0.25, -0.2) is 0 Å². The van der Waals surface area contributed by atoms with Gasteiger partial charge in [-0.2, -0.15) is 0 Å². The summed E-state index contributed by atoms with van der Waals surface area (Å²) in [6.45, 7) is 8.39. The Morgan fingerprint density at radius 3 is 2.61 bits per heavy atom. The average Bonchev–Trinajstić information content (AvgIpc) is 2.95. The first-order valence-electron chi connectivity index (χ1n) is 13.1. The highest BCUT2D eigenvalue weighted by atomic mass is 16.5. The summed E-state index contributed by atoms with van der Waals surface area (Å²) in [5, 5.41) is 0. The number of hydrogen-bond acceptors (Lipinski definition) is 6. The summed E-state index contributed by atoms with van der Waals surface area (Å²) < 4.78 is 11.0. The molecular formula is C28H36N4O4. The Hall–Kier alpha value is -2.97. The molecule has 1 atom stereocenters. The third-order valence-electron chi connectivity index (χ3n) is 7.82. The van der Waals surface area contributed by atoms with Gasteiger partial charge < -0.3 is 19.3 Å². The maximum atomic E-state index is 12.9. The fourth-order valence-electron chi connectivity index (χ4n) is 5.46. The van der Waals surface area contributed by atoms with Crippen LogP contribution in [0.1, 0.15) is 42.5 Å². The molecule has 8 heteroatoms. The molecule has 2 aromatic rings. The Bertz CT molecular complexity index is 1050. The van der Waals surface area contributed by atoms with Crippen LogP contribution in [0.25, 0.3) is 0 Å². The molecule has 2 fully saturated rings. The molecule has 36 heavy (non-hydrogen) atoms. The summed E-state index contributed by atoms with van der Waals surface area (Å²) in [5.41, 5.74) is 3.83. The molecule has 0 bridgehead atoms. The number of carbonyl (C=O) groups excluding carboxylic acids is 2. The number of fused-ring (bicyclic) bond motifs is 1. The van der Waals surface area contributed by atoms with Crippen LogP contribution in [-0.2, 0) is 27.3 Å². The predicted molar refractivity (Wildman–Crippen MR) is 135 cm³/mol. The van der Waals surface area contributed by atoms with Gasteiger partial charge in [-0.1, -0.05) is 18.2 Å². The van der Waals surface area contributed by atoms with Crippen LogP contribution in [0.4, 0.5) is 0 Å². The van der Waals surface area contributed by atoms with E-state index in [1.54, 1.807) is 24.5 Å². The van der Waals surface area contributed by atoms with Crippen LogP contribution in [0.3, 0.4) is 0 Å². The minimum Gasteiger partial charge on any atom is -0.482 e. The number of rotatable bonds is 6. The Morgan fingerprint density at radius 2 is 1.86 bits per heavy atom. The molecule has 0 spiro atoms. The number of pyridine rings is 1. The lowest BCUT2D eigenvalue weighted by Gasteiger charge is -2.40. The third kappa shape index (κ3) is 5.71. The van der Waals surface area contributed by atoms with Crippen molar-refractivity contribution in [1.82, 2.24) is 19.7 Å². The van der Waals surface area contributed by atoms with Crippen molar-refractivity contribution in [3.63, 3.8) is 0 Å². The fraction of sp³-hybridized carbons (Fsp3) is 0.536. The first-order chi connectivity index (χ1) is 17.6. The van der Waals surface area contributed by atoms with Crippen LogP contribution < -0.4 is 4.74 Å². The standard InChI is InChI=1S/C28H36N4O4/c1-21(30-11-13-31(14-12-30)28(34)22-7-15-35-16-8-22)23-4-5-25-19-32(10-6-24(25)17-23)27(33)20-36-26-3-2-9-29-18-26/h2-5,9,17-18,21-22H,6-8,10-16,19-20H2,1H3. The van der Waals surface area contributed by atoms with Gasteiger partial charge in [0.25, 0.3) is 5.91 Å². The van der Waals surface area contributed by atoms with Crippen LogP contribution >= 0.6 is 0 Å². The zero-order valence-electron chi connectivity index (χ0n) is 21.1. The maximum absolute atomic E-state index is 12.9. The molecule has 0 aliphatic carbocycles. The van der Waals surface area contributed by atoms with E-state index in [0.29, 0.717) is 44.0 Å². The summed E-state index contributed by atoms with van der Waals surface area (Å²) in [5.74, 6) is 1.05. The van der Waals surface area contributed by atoms with E-state index in [1.807, 2.05) is 4.90 Å². The van der Waals surface area contributed by atoms with Crippen LogP contribution in [0, 0.1) is 5.92 Å². The fourth-order valence-corrected chi connectivity index (χ4v) is 5.46. The number of hydrogen-bond donors (Lipinski definition) is 0. The summed E-state index contributed by atoms with van der Waals surface area (Å²) >= 11 is 0. The molecule has 192 valence electrons. The Kier molecular flexibility index (Phi) is 7.82. The van der Waals surface area contributed by atoms with E-state index in [-0.39, 0.29) is 18.4 Å². The molecule has 0 radical (unpaired) electrons. The summed E-state index contributed by atoms with van der Waals surface area (Å²) in [7, 11) is 0. The number of amides is 2. The molecule has 0 N–H and O–H groups in total. The van der Waals surface area contributed by atoms with Crippen molar-refractivity contribution in [3.05, 3.63) is 59.4 Å². The summed E-state index contributed by atoms with van der Waals surface area (Å²) in [6.07, 6.45) is 5.85. The second-order valence-electron chi connectivity index (χ2n) is 9.99. The molecule has 1 aromatic heterocycles. The van der Waals surface area contributed by atoms with E-state index in [1.165, 1.54) is 16.7 Å². The molecule has 2 amide bonds. The lowest BCUT2D eigenvalue weighted by Crippen LogP contribution is -2.51. The minimum atomic E-state index is -0.00452. The number of carbonyl (C=O) groups is 2. The van der Waals surface area contributed by atoms with Gasteiger partial charge in [-0.3, -0.25) is 19.5 Å². The molecule has 3 aliphatic heterocycles. The van der Waals surface area contributed by atoms with E-state index in [2.05, 4.69) is 39.9 Å². The second kappa shape index (κ2) is 11.4. The topological polar surface area (TPSA) is 75.2 Å². The largest absolute Gasteiger partial charge is 0.482 e. The quantitative estimate of drug-likeness (QED) is 0.617. The first-order valence-corrected chi connectivity index (χ1v) is 13.1. The lowest BCUT2D eigenvalue weighted by atomic mass is 9.94. The number of piperazine rings is 1. The highest BCUT2D eigenvalue weighted by Gasteiger charge is 2.30. The van der Waals surface area contributed by atoms with Crippen molar-refractivity contribution in [2.45, 2.75) is 38.8 Å². The number of ether oxygens (including phenoxy) is 2. The number of benzene rings is 1. The van der Waals surface area contributed by atoms with Crippen molar-refractivity contribution in [1.29, 1.82) is 0 Å². The zero-order chi connectivity index (χ0) is 24.9.